The Morgan fingerprint density at radius 3 is 2.67 bits per heavy atom. The molecule has 0 radical (unpaired) electrons. The van der Waals surface area contributed by atoms with Crippen LogP contribution in [0.25, 0.3) is 0 Å². The molecule has 5 heteroatoms. The smallest absolute Gasteiger partial charge is 0.253 e. The van der Waals surface area contributed by atoms with Gasteiger partial charge in [-0.15, -0.1) is 0 Å². The fraction of sp³-hybridized carbons (Fsp3) is 0.188. The molecule has 2 aromatic carbocycles. The molecule has 0 aliphatic carbocycles. The van der Waals surface area contributed by atoms with Crippen molar-refractivity contribution >= 4 is 33.2 Å². The first-order valence-corrected chi connectivity index (χ1v) is 7.44. The van der Waals surface area contributed by atoms with Crippen LogP contribution in [-0.4, -0.2) is 13.0 Å². The quantitative estimate of drug-likeness (QED) is 0.740. The van der Waals surface area contributed by atoms with E-state index in [1.54, 1.807) is 25.2 Å². The van der Waals surface area contributed by atoms with Crippen LogP contribution in [0, 0.1) is 0 Å². The minimum absolute atomic E-state index is 0.0488. The zero-order valence-corrected chi connectivity index (χ0v) is 13.6. The van der Waals surface area contributed by atoms with Gasteiger partial charge in [0, 0.05) is 28.9 Å². The van der Waals surface area contributed by atoms with Crippen LogP contribution < -0.4 is 16.4 Å². The summed E-state index contributed by atoms with van der Waals surface area (Å²) < 4.78 is 1.02. The minimum Gasteiger partial charge on any atom is -0.399 e. The number of nitrogen functional groups attached to an aromatic ring is 1. The highest BCUT2D eigenvalue weighted by Crippen LogP contribution is 2.26. The summed E-state index contributed by atoms with van der Waals surface area (Å²) in [5.41, 5.74) is 8.87. The summed E-state index contributed by atoms with van der Waals surface area (Å²) in [5.74, 6) is -0.140. The molecule has 0 aromatic heterocycles. The molecule has 0 bridgehead atoms. The van der Waals surface area contributed by atoms with Gasteiger partial charge in [-0.1, -0.05) is 28.1 Å². The molecule has 0 saturated heterocycles. The number of halogens is 1. The maximum Gasteiger partial charge on any atom is 0.253 e. The predicted molar refractivity (Wildman–Crippen MR) is 90.4 cm³/mol. The summed E-state index contributed by atoms with van der Waals surface area (Å²) in [6.07, 6.45) is 0. The highest BCUT2D eigenvalue weighted by molar-refractivity contribution is 9.10. The van der Waals surface area contributed by atoms with E-state index < -0.39 is 0 Å². The zero-order chi connectivity index (χ0) is 15.4. The van der Waals surface area contributed by atoms with Crippen molar-refractivity contribution in [1.29, 1.82) is 0 Å². The van der Waals surface area contributed by atoms with Gasteiger partial charge in [0.15, 0.2) is 0 Å². The van der Waals surface area contributed by atoms with Gasteiger partial charge >= 0.3 is 0 Å². The Kier molecular flexibility index (Phi) is 4.85. The van der Waals surface area contributed by atoms with E-state index in [0.29, 0.717) is 11.3 Å². The Labute approximate surface area is 132 Å². The number of benzene rings is 2. The van der Waals surface area contributed by atoms with Crippen LogP contribution in [0.2, 0.25) is 0 Å². The van der Waals surface area contributed by atoms with E-state index in [9.17, 15) is 4.79 Å². The number of amides is 1. The number of carbonyl (C=O) groups excluding carboxylic acids is 1. The van der Waals surface area contributed by atoms with Gasteiger partial charge in [0.1, 0.15) is 0 Å². The van der Waals surface area contributed by atoms with Gasteiger partial charge in [0.25, 0.3) is 5.91 Å². The van der Waals surface area contributed by atoms with Crippen LogP contribution in [0.4, 0.5) is 11.4 Å². The van der Waals surface area contributed by atoms with Gasteiger partial charge in [-0.3, -0.25) is 4.79 Å². The monoisotopic (exact) mass is 347 g/mol. The van der Waals surface area contributed by atoms with E-state index in [1.165, 1.54) is 0 Å². The molecule has 2 rings (SSSR count). The first-order chi connectivity index (χ1) is 10.0. The van der Waals surface area contributed by atoms with Crippen molar-refractivity contribution < 1.29 is 4.79 Å². The number of anilines is 2. The zero-order valence-electron chi connectivity index (χ0n) is 12.0. The third kappa shape index (κ3) is 3.76. The lowest BCUT2D eigenvalue weighted by molar-refractivity contribution is 0.0964. The van der Waals surface area contributed by atoms with E-state index in [2.05, 4.69) is 26.6 Å². The third-order valence-electron chi connectivity index (χ3n) is 3.24. The van der Waals surface area contributed by atoms with Crippen molar-refractivity contribution in [3.05, 3.63) is 58.1 Å². The topological polar surface area (TPSA) is 67.2 Å². The van der Waals surface area contributed by atoms with Gasteiger partial charge in [-0.05, 0) is 42.8 Å². The van der Waals surface area contributed by atoms with Gasteiger partial charge < -0.3 is 16.4 Å². The summed E-state index contributed by atoms with van der Waals surface area (Å²) >= 11 is 3.46. The first kappa shape index (κ1) is 15.4. The minimum atomic E-state index is -0.140. The summed E-state index contributed by atoms with van der Waals surface area (Å²) in [7, 11) is 1.61. The number of nitrogens with one attached hydrogen (secondary N) is 2. The molecule has 0 aliphatic heterocycles. The fourth-order valence-corrected chi connectivity index (χ4v) is 2.52. The molecule has 0 fully saturated rings. The van der Waals surface area contributed by atoms with Crippen molar-refractivity contribution in [1.82, 2.24) is 5.32 Å². The summed E-state index contributed by atoms with van der Waals surface area (Å²) in [5, 5.41) is 5.98. The van der Waals surface area contributed by atoms with E-state index >= 15 is 0 Å². The Morgan fingerprint density at radius 1 is 1.24 bits per heavy atom. The second-order valence-electron chi connectivity index (χ2n) is 4.81. The lowest BCUT2D eigenvalue weighted by atomic mass is 10.1. The average molecular weight is 348 g/mol. The standard InChI is InChI=1S/C16H18BrN3O/c1-10(11-4-3-5-12(17)8-11)20-15-9-13(18)6-7-14(15)16(21)19-2/h3-10,20H,18H2,1-2H3,(H,19,21). The molecule has 4 N–H and O–H groups in total. The van der Waals surface area contributed by atoms with E-state index in [4.69, 9.17) is 5.73 Å². The van der Waals surface area contributed by atoms with Crippen LogP contribution in [-0.2, 0) is 0 Å². The van der Waals surface area contributed by atoms with Crippen molar-refractivity contribution in [2.24, 2.45) is 0 Å². The highest BCUT2D eigenvalue weighted by Gasteiger charge is 2.13. The van der Waals surface area contributed by atoms with Crippen LogP contribution >= 0.6 is 15.9 Å². The predicted octanol–water partition coefficient (Wildman–Crippen LogP) is 3.56. The molecule has 0 aliphatic rings. The Morgan fingerprint density at radius 2 is 2.00 bits per heavy atom. The molecule has 21 heavy (non-hydrogen) atoms. The maximum atomic E-state index is 11.9. The number of hydrogen-bond acceptors (Lipinski definition) is 3. The maximum absolute atomic E-state index is 11.9. The van der Waals surface area contributed by atoms with Crippen molar-refractivity contribution in [3.8, 4) is 0 Å². The van der Waals surface area contributed by atoms with E-state index in [0.717, 1.165) is 15.7 Å². The van der Waals surface area contributed by atoms with Crippen LogP contribution in [0.5, 0.6) is 0 Å². The van der Waals surface area contributed by atoms with Crippen molar-refractivity contribution in [3.63, 3.8) is 0 Å². The summed E-state index contributed by atoms with van der Waals surface area (Å²) in [6, 6.07) is 13.3. The van der Waals surface area contributed by atoms with Gasteiger partial charge in [-0.25, -0.2) is 0 Å². The van der Waals surface area contributed by atoms with Gasteiger partial charge in [0.2, 0.25) is 0 Å². The molecule has 4 nitrogen and oxygen atoms in total. The third-order valence-corrected chi connectivity index (χ3v) is 3.73. The fourth-order valence-electron chi connectivity index (χ4n) is 2.11. The van der Waals surface area contributed by atoms with Crippen LogP contribution in [0.3, 0.4) is 0 Å². The van der Waals surface area contributed by atoms with Crippen molar-refractivity contribution in [2.45, 2.75) is 13.0 Å². The molecule has 1 unspecified atom stereocenters. The average Bonchev–Trinajstić information content (AvgIpc) is 2.46. The van der Waals surface area contributed by atoms with Crippen molar-refractivity contribution in [2.75, 3.05) is 18.1 Å². The Hall–Kier alpha value is -2.01. The molecular formula is C16H18BrN3O. The molecule has 1 atom stereocenters. The second-order valence-corrected chi connectivity index (χ2v) is 5.72. The van der Waals surface area contributed by atoms with Crippen LogP contribution in [0.1, 0.15) is 28.9 Å². The number of nitrogens with two attached hydrogens (primary N) is 1. The normalized spacial score (nSPS) is 11.8. The SMILES string of the molecule is CNC(=O)c1ccc(N)cc1NC(C)c1cccc(Br)c1. The molecule has 110 valence electrons. The Balaban J connectivity index is 2.30. The second kappa shape index (κ2) is 6.63. The molecular weight excluding hydrogens is 330 g/mol. The Bertz CT molecular complexity index is 658. The molecule has 0 heterocycles. The molecule has 0 saturated carbocycles. The van der Waals surface area contributed by atoms with Crippen LogP contribution in [0.15, 0.2) is 46.9 Å². The molecule has 0 spiro atoms. The highest BCUT2D eigenvalue weighted by atomic mass is 79.9. The van der Waals surface area contributed by atoms with E-state index in [-0.39, 0.29) is 11.9 Å². The lowest BCUT2D eigenvalue weighted by Gasteiger charge is -2.19. The number of hydrogen-bond donors (Lipinski definition) is 3. The van der Waals surface area contributed by atoms with Gasteiger partial charge in [0.05, 0.1) is 5.56 Å². The summed E-state index contributed by atoms with van der Waals surface area (Å²) in [4.78, 5) is 11.9. The molecule has 1 amide bonds. The first-order valence-electron chi connectivity index (χ1n) is 6.65. The number of carbonyl (C=O) groups is 1. The molecule has 2 aromatic rings. The summed E-state index contributed by atoms with van der Waals surface area (Å²) in [6.45, 7) is 2.04. The number of rotatable bonds is 4. The van der Waals surface area contributed by atoms with E-state index in [1.807, 2.05) is 31.2 Å². The van der Waals surface area contributed by atoms with Gasteiger partial charge in [-0.2, -0.15) is 0 Å². The lowest BCUT2D eigenvalue weighted by Crippen LogP contribution is -2.20. The largest absolute Gasteiger partial charge is 0.399 e.